The quantitative estimate of drug-likeness (QED) is 0.745. The van der Waals surface area contributed by atoms with E-state index >= 15 is 0 Å². The first-order chi connectivity index (χ1) is 11.1. The zero-order chi connectivity index (χ0) is 19.7. The van der Waals surface area contributed by atoms with Gasteiger partial charge >= 0.3 is 6.18 Å². The van der Waals surface area contributed by atoms with Crippen LogP contribution in [0.5, 0.6) is 0 Å². The molecule has 1 amide bonds. The van der Waals surface area contributed by atoms with Crippen LogP contribution in [0.1, 0.15) is 46.2 Å². The first-order valence-corrected chi connectivity index (χ1v) is 9.01. The highest BCUT2D eigenvalue weighted by atomic mass is 32.2. The summed E-state index contributed by atoms with van der Waals surface area (Å²) < 4.78 is 63.8. The molecule has 1 rings (SSSR count). The molecule has 0 bridgehead atoms. The van der Waals surface area contributed by atoms with Gasteiger partial charge in [-0.1, -0.05) is 5.16 Å². The van der Waals surface area contributed by atoms with E-state index in [1.54, 1.807) is 0 Å². The summed E-state index contributed by atoms with van der Waals surface area (Å²) in [5.74, 6) is -1.93. The summed E-state index contributed by atoms with van der Waals surface area (Å²) >= 11 is 0. The minimum Gasteiger partial charge on any atom is -0.384 e. The Morgan fingerprint density at radius 2 is 1.84 bits per heavy atom. The maximum Gasteiger partial charge on any atom is 0.389 e. The van der Waals surface area contributed by atoms with Crippen molar-refractivity contribution in [1.82, 2.24) is 5.16 Å². The van der Waals surface area contributed by atoms with Crippen LogP contribution in [0.4, 0.5) is 19.1 Å². The lowest BCUT2D eigenvalue weighted by molar-refractivity contribution is -0.134. The lowest BCUT2D eigenvalue weighted by Gasteiger charge is -2.23. The Hall–Kier alpha value is -1.62. The molecule has 11 heteroatoms. The molecule has 1 heterocycles. The van der Waals surface area contributed by atoms with E-state index < -0.39 is 50.9 Å². The minimum absolute atomic E-state index is 0.119. The highest BCUT2D eigenvalue weighted by Gasteiger charge is 2.42. The van der Waals surface area contributed by atoms with Crippen molar-refractivity contribution in [2.75, 3.05) is 11.1 Å². The third kappa shape index (κ3) is 5.70. The molecule has 0 saturated carbocycles. The number of halogens is 3. The second-order valence-electron chi connectivity index (χ2n) is 6.64. The number of aromatic nitrogens is 1. The van der Waals surface area contributed by atoms with E-state index in [-0.39, 0.29) is 11.6 Å². The van der Waals surface area contributed by atoms with Gasteiger partial charge in [-0.15, -0.1) is 0 Å². The summed E-state index contributed by atoms with van der Waals surface area (Å²) in [7, 11) is -4.15. The Labute approximate surface area is 143 Å². The SMILES string of the molecule is CC(C)(O)c1cc(NC(=O)C(C)(C)S(=O)(=O)CCCC(F)(F)F)on1. The average Bonchev–Trinajstić information content (AvgIpc) is 2.84. The van der Waals surface area contributed by atoms with Gasteiger partial charge in [0.25, 0.3) is 0 Å². The normalized spacial score (nSPS) is 13.8. The Kier molecular flexibility index (Phi) is 5.95. The molecule has 25 heavy (non-hydrogen) atoms. The van der Waals surface area contributed by atoms with E-state index in [9.17, 15) is 31.5 Å². The van der Waals surface area contributed by atoms with Gasteiger partial charge in [-0.05, 0) is 34.1 Å². The van der Waals surface area contributed by atoms with Crippen molar-refractivity contribution < 1.29 is 36.0 Å². The molecule has 144 valence electrons. The van der Waals surface area contributed by atoms with E-state index in [4.69, 9.17) is 4.52 Å². The molecule has 0 unspecified atom stereocenters. The molecule has 0 radical (unpaired) electrons. The topological polar surface area (TPSA) is 110 Å². The molecule has 0 aliphatic heterocycles. The highest BCUT2D eigenvalue weighted by Crippen LogP contribution is 2.26. The monoisotopic (exact) mass is 386 g/mol. The van der Waals surface area contributed by atoms with Gasteiger partial charge in [-0.2, -0.15) is 13.2 Å². The third-order valence-electron chi connectivity index (χ3n) is 3.57. The number of anilines is 1. The van der Waals surface area contributed by atoms with Gasteiger partial charge in [0.1, 0.15) is 16.0 Å². The second kappa shape index (κ2) is 6.94. The Bertz CT molecular complexity index is 718. The standard InChI is InChI=1S/C14H21F3N2O5S/c1-12(2,21)9-8-10(24-19-9)18-11(20)13(3,4)25(22,23)7-5-6-14(15,16)17/h8,21H,5-7H2,1-4H3,(H,18,20). The van der Waals surface area contributed by atoms with Crippen LogP contribution in [-0.4, -0.2) is 41.3 Å². The number of sulfone groups is 1. The number of carbonyl (C=O) groups excluding carboxylic acids is 1. The molecule has 0 fully saturated rings. The average molecular weight is 386 g/mol. The van der Waals surface area contributed by atoms with Gasteiger partial charge in [-0.25, -0.2) is 8.42 Å². The predicted octanol–water partition coefficient (Wildman–Crippen LogP) is 2.38. The third-order valence-corrected chi connectivity index (χ3v) is 6.14. The fourth-order valence-electron chi connectivity index (χ4n) is 1.74. The molecular formula is C14H21F3N2O5S. The Morgan fingerprint density at radius 1 is 1.28 bits per heavy atom. The van der Waals surface area contributed by atoms with Crippen LogP contribution in [0.15, 0.2) is 10.6 Å². The van der Waals surface area contributed by atoms with Crippen LogP contribution in [-0.2, 0) is 20.2 Å². The molecule has 0 saturated heterocycles. The number of hydrogen-bond acceptors (Lipinski definition) is 6. The summed E-state index contributed by atoms with van der Waals surface area (Å²) in [6.45, 7) is 5.06. The molecule has 0 aliphatic rings. The number of nitrogens with zero attached hydrogens (tertiary/aromatic N) is 1. The van der Waals surface area contributed by atoms with Crippen LogP contribution in [0, 0.1) is 0 Å². The van der Waals surface area contributed by atoms with Crippen LogP contribution in [0.3, 0.4) is 0 Å². The fraction of sp³-hybridized carbons (Fsp3) is 0.714. The van der Waals surface area contributed by atoms with Crippen molar-refractivity contribution in [1.29, 1.82) is 0 Å². The van der Waals surface area contributed by atoms with E-state index in [0.717, 1.165) is 13.8 Å². The maximum atomic E-state index is 12.2. The fourth-order valence-corrected chi connectivity index (χ4v) is 3.11. The number of alkyl halides is 3. The number of hydrogen-bond donors (Lipinski definition) is 2. The van der Waals surface area contributed by atoms with Gasteiger partial charge in [0.05, 0.1) is 5.75 Å². The smallest absolute Gasteiger partial charge is 0.384 e. The first kappa shape index (κ1) is 21.4. The molecule has 0 aromatic carbocycles. The van der Waals surface area contributed by atoms with E-state index in [0.29, 0.717) is 0 Å². The van der Waals surface area contributed by atoms with Crippen molar-refractivity contribution in [2.45, 2.75) is 57.1 Å². The van der Waals surface area contributed by atoms with E-state index in [1.165, 1.54) is 19.9 Å². The molecule has 2 N–H and O–H groups in total. The van der Waals surface area contributed by atoms with Gasteiger partial charge < -0.3 is 9.63 Å². The van der Waals surface area contributed by atoms with Crippen molar-refractivity contribution in [3.05, 3.63) is 11.8 Å². The summed E-state index contributed by atoms with van der Waals surface area (Å²) in [5, 5.41) is 15.5. The number of nitrogens with one attached hydrogen (secondary N) is 1. The lowest BCUT2D eigenvalue weighted by atomic mass is 10.1. The van der Waals surface area contributed by atoms with Crippen LogP contribution in [0.2, 0.25) is 0 Å². The largest absolute Gasteiger partial charge is 0.389 e. The highest BCUT2D eigenvalue weighted by molar-refractivity contribution is 7.93. The van der Waals surface area contributed by atoms with Crippen LogP contribution >= 0.6 is 0 Å². The summed E-state index contributed by atoms with van der Waals surface area (Å²) in [5.41, 5.74) is -1.21. The Balaban J connectivity index is 2.82. The number of rotatable bonds is 7. The second-order valence-corrected chi connectivity index (χ2v) is 9.30. The molecule has 7 nitrogen and oxygen atoms in total. The van der Waals surface area contributed by atoms with Gasteiger partial charge in [-0.3, -0.25) is 10.1 Å². The molecular weight excluding hydrogens is 365 g/mol. The summed E-state index contributed by atoms with van der Waals surface area (Å²) in [6, 6.07) is 1.23. The summed E-state index contributed by atoms with van der Waals surface area (Å²) in [4.78, 5) is 12.2. The lowest BCUT2D eigenvalue weighted by Crippen LogP contribution is -2.45. The molecule has 1 aromatic heterocycles. The van der Waals surface area contributed by atoms with Gasteiger partial charge in [0.15, 0.2) is 9.84 Å². The molecule has 0 atom stereocenters. The zero-order valence-corrected chi connectivity index (χ0v) is 15.1. The van der Waals surface area contributed by atoms with Crippen molar-refractivity contribution in [3.8, 4) is 0 Å². The van der Waals surface area contributed by atoms with Crippen LogP contribution in [0.25, 0.3) is 0 Å². The first-order valence-electron chi connectivity index (χ1n) is 7.36. The molecule has 1 aromatic rings. The van der Waals surface area contributed by atoms with Gasteiger partial charge in [0, 0.05) is 12.5 Å². The summed E-state index contributed by atoms with van der Waals surface area (Å²) in [6.07, 6.45) is -6.34. The zero-order valence-electron chi connectivity index (χ0n) is 14.3. The predicted molar refractivity (Wildman–Crippen MR) is 83.5 cm³/mol. The van der Waals surface area contributed by atoms with E-state index in [2.05, 4.69) is 10.5 Å². The minimum atomic E-state index is -4.46. The van der Waals surface area contributed by atoms with Crippen LogP contribution < -0.4 is 5.32 Å². The number of carbonyl (C=O) groups is 1. The number of aliphatic hydroxyl groups is 1. The molecule has 0 spiro atoms. The number of amides is 1. The van der Waals surface area contributed by atoms with Crippen molar-refractivity contribution >= 4 is 21.6 Å². The van der Waals surface area contributed by atoms with Gasteiger partial charge in [0.2, 0.25) is 11.8 Å². The maximum absolute atomic E-state index is 12.2. The Morgan fingerprint density at radius 3 is 2.28 bits per heavy atom. The van der Waals surface area contributed by atoms with Crippen molar-refractivity contribution in [3.63, 3.8) is 0 Å². The van der Waals surface area contributed by atoms with E-state index in [1.807, 2.05) is 0 Å². The van der Waals surface area contributed by atoms with Crippen molar-refractivity contribution in [2.24, 2.45) is 0 Å². The molecule has 0 aliphatic carbocycles.